The molecule has 0 bridgehead atoms. The molecule has 0 amide bonds. The lowest BCUT2D eigenvalue weighted by molar-refractivity contribution is 0.590. The highest BCUT2D eigenvalue weighted by atomic mass is 14.7. The van der Waals surface area contributed by atoms with Gasteiger partial charge in [0.2, 0.25) is 0 Å². The maximum atomic E-state index is 4.59. The van der Waals surface area contributed by atoms with Crippen LogP contribution < -0.4 is 0 Å². The zero-order valence-corrected chi connectivity index (χ0v) is 28.7. The lowest BCUT2D eigenvalue weighted by Gasteiger charge is -2.27. The van der Waals surface area contributed by atoms with Crippen LogP contribution in [0, 0.1) is 0 Å². The van der Waals surface area contributed by atoms with Crippen molar-refractivity contribution < 1.29 is 0 Å². The average Bonchev–Trinajstić information content (AvgIpc) is 3.17. The molecule has 0 radical (unpaired) electrons. The van der Waals surface area contributed by atoms with E-state index in [1.807, 2.05) is 30.7 Å². The van der Waals surface area contributed by atoms with E-state index >= 15 is 0 Å². The van der Waals surface area contributed by atoms with Gasteiger partial charge in [0.05, 0.1) is 5.69 Å². The van der Waals surface area contributed by atoms with E-state index in [1.165, 1.54) is 82.7 Å². The Morgan fingerprint density at radius 1 is 0.480 bits per heavy atom. The number of nitrogens with zero attached hydrogens (tertiary/aromatic N) is 2. The van der Waals surface area contributed by atoms with Gasteiger partial charge in [0.1, 0.15) is 0 Å². The van der Waals surface area contributed by atoms with Gasteiger partial charge in [-0.05, 0) is 131 Å². The molecule has 0 aliphatic heterocycles. The lowest BCUT2D eigenvalue weighted by Crippen LogP contribution is -2.13. The van der Waals surface area contributed by atoms with Crippen molar-refractivity contribution >= 4 is 21.5 Å². The molecule has 6 aromatic carbocycles. The van der Waals surface area contributed by atoms with Crippen LogP contribution in [-0.4, -0.2) is 9.97 Å². The Bertz CT molecular complexity index is 2510. The quantitative estimate of drug-likeness (QED) is 0.175. The Kier molecular flexibility index (Phi) is 7.21. The summed E-state index contributed by atoms with van der Waals surface area (Å²) in [6, 6.07) is 49.2. The molecule has 1 aliphatic rings. The maximum absolute atomic E-state index is 4.59. The molecule has 2 heteroatoms. The molecule has 0 fully saturated rings. The van der Waals surface area contributed by atoms with Gasteiger partial charge >= 0.3 is 0 Å². The van der Waals surface area contributed by atoms with Gasteiger partial charge < -0.3 is 0 Å². The number of hydrogen-bond acceptors (Lipinski definition) is 2. The molecule has 240 valence electrons. The predicted molar refractivity (Wildman–Crippen MR) is 210 cm³/mol. The molecular weight excluding hydrogens is 605 g/mol. The molecule has 50 heavy (non-hydrogen) atoms. The summed E-state index contributed by atoms with van der Waals surface area (Å²) in [5.41, 5.74) is 16.5. The number of aryl methyl sites for hydroxylation is 2. The summed E-state index contributed by atoms with van der Waals surface area (Å²) in [6.45, 7) is 6.96. The molecule has 0 saturated heterocycles. The van der Waals surface area contributed by atoms with E-state index in [0.717, 1.165) is 24.1 Å². The third-order valence-corrected chi connectivity index (χ3v) is 10.5. The van der Waals surface area contributed by atoms with Crippen LogP contribution in [0.3, 0.4) is 0 Å². The van der Waals surface area contributed by atoms with Gasteiger partial charge in [-0.15, -0.1) is 0 Å². The minimum atomic E-state index is 0.101. The zero-order chi connectivity index (χ0) is 33.8. The molecule has 0 N–H and O–H groups in total. The van der Waals surface area contributed by atoms with Crippen LogP contribution in [0.4, 0.5) is 0 Å². The highest BCUT2D eigenvalue weighted by molar-refractivity contribution is 6.17. The fourth-order valence-electron chi connectivity index (χ4n) is 7.78. The van der Waals surface area contributed by atoms with Crippen LogP contribution in [0.5, 0.6) is 0 Å². The summed E-state index contributed by atoms with van der Waals surface area (Å²) in [7, 11) is 0. The molecule has 0 spiro atoms. The van der Waals surface area contributed by atoms with E-state index in [-0.39, 0.29) is 5.41 Å². The Morgan fingerprint density at radius 3 is 1.70 bits per heavy atom. The van der Waals surface area contributed by atoms with Crippen molar-refractivity contribution in [1.29, 1.82) is 0 Å². The van der Waals surface area contributed by atoms with Gasteiger partial charge in [0.25, 0.3) is 0 Å². The zero-order valence-electron chi connectivity index (χ0n) is 28.7. The number of pyridine rings is 2. The smallest absolute Gasteiger partial charge is 0.0701 e. The van der Waals surface area contributed by atoms with E-state index < -0.39 is 0 Å². The van der Waals surface area contributed by atoms with Crippen molar-refractivity contribution in [3.05, 3.63) is 169 Å². The standard InChI is InChI=1S/C48H38N2/c1-48(2,3)40-28-38-19-21-41-43(35-13-11-32(12-14-35)31-7-9-33(10-8-31)34-23-26-49-27-24-34)30-44(42-22-20-39(29-40)46(38)47(41)42)36-15-17-37(18-16-36)45-6-4-5-25-50-45/h4-18,20,22-30H,19,21H2,1-3H3. The first-order chi connectivity index (χ1) is 24.4. The van der Waals surface area contributed by atoms with Gasteiger partial charge in [-0.25, -0.2) is 0 Å². The molecule has 9 rings (SSSR count). The molecule has 8 aromatic rings. The summed E-state index contributed by atoms with van der Waals surface area (Å²) < 4.78 is 0. The average molecular weight is 643 g/mol. The molecule has 2 heterocycles. The Balaban J connectivity index is 1.19. The monoisotopic (exact) mass is 642 g/mol. The highest BCUT2D eigenvalue weighted by Crippen LogP contribution is 2.46. The summed E-state index contributed by atoms with van der Waals surface area (Å²) >= 11 is 0. The van der Waals surface area contributed by atoms with Crippen LogP contribution in [0.1, 0.15) is 37.5 Å². The fraction of sp³-hybridized carbons (Fsp3) is 0.125. The summed E-state index contributed by atoms with van der Waals surface area (Å²) in [4.78, 5) is 8.75. The first-order valence-corrected chi connectivity index (χ1v) is 17.6. The van der Waals surface area contributed by atoms with Crippen molar-refractivity contribution in [2.75, 3.05) is 0 Å². The second-order valence-corrected chi connectivity index (χ2v) is 14.6. The summed E-state index contributed by atoms with van der Waals surface area (Å²) in [5.74, 6) is 0. The van der Waals surface area contributed by atoms with Gasteiger partial charge in [0.15, 0.2) is 0 Å². The molecule has 1 aliphatic carbocycles. The molecular formula is C48H38N2. The SMILES string of the molecule is CC(C)(C)c1cc2c3c(ccc4c(-c5ccc(-c6ccccn6)cc5)cc(-c5ccc(-c6ccc(-c7ccncc7)cc6)cc5)c(c43)CC2)c1. The van der Waals surface area contributed by atoms with Crippen LogP contribution in [0.15, 0.2) is 152 Å². The summed E-state index contributed by atoms with van der Waals surface area (Å²) in [6.07, 6.45) is 7.63. The van der Waals surface area contributed by atoms with Crippen LogP contribution in [0.2, 0.25) is 0 Å². The largest absolute Gasteiger partial charge is 0.265 e. The van der Waals surface area contributed by atoms with Crippen molar-refractivity contribution in [3.63, 3.8) is 0 Å². The maximum Gasteiger partial charge on any atom is 0.0701 e. The molecule has 0 saturated carbocycles. The highest BCUT2D eigenvalue weighted by Gasteiger charge is 2.24. The second kappa shape index (κ2) is 11.9. The minimum Gasteiger partial charge on any atom is -0.265 e. The van der Waals surface area contributed by atoms with Gasteiger partial charge in [0, 0.05) is 24.2 Å². The molecule has 0 atom stereocenters. The molecule has 2 aromatic heterocycles. The number of aromatic nitrogens is 2. The third kappa shape index (κ3) is 5.29. The molecule has 0 unspecified atom stereocenters. The molecule has 2 nitrogen and oxygen atoms in total. The van der Waals surface area contributed by atoms with Crippen LogP contribution in [-0.2, 0) is 18.3 Å². The van der Waals surface area contributed by atoms with Crippen LogP contribution >= 0.6 is 0 Å². The Morgan fingerprint density at radius 2 is 1.08 bits per heavy atom. The van der Waals surface area contributed by atoms with Gasteiger partial charge in [-0.1, -0.05) is 124 Å². The van der Waals surface area contributed by atoms with E-state index in [1.54, 1.807) is 0 Å². The van der Waals surface area contributed by atoms with E-state index in [2.05, 4.69) is 152 Å². The van der Waals surface area contributed by atoms with Crippen LogP contribution in [0.25, 0.3) is 77.3 Å². The van der Waals surface area contributed by atoms with Crippen molar-refractivity contribution in [2.45, 2.75) is 39.0 Å². The van der Waals surface area contributed by atoms with Crippen molar-refractivity contribution in [3.8, 4) is 55.8 Å². The number of hydrogen-bond donors (Lipinski definition) is 0. The van der Waals surface area contributed by atoms with Crippen molar-refractivity contribution in [2.24, 2.45) is 0 Å². The predicted octanol–water partition coefficient (Wildman–Crippen LogP) is 12.5. The number of rotatable bonds is 5. The van der Waals surface area contributed by atoms with E-state index in [0.29, 0.717) is 0 Å². The minimum absolute atomic E-state index is 0.101. The van der Waals surface area contributed by atoms with Gasteiger partial charge in [-0.2, -0.15) is 0 Å². The first kappa shape index (κ1) is 30.2. The summed E-state index contributed by atoms with van der Waals surface area (Å²) in [5, 5.41) is 5.52. The lowest BCUT2D eigenvalue weighted by atomic mass is 9.77. The second-order valence-electron chi connectivity index (χ2n) is 14.6. The number of benzene rings is 6. The van der Waals surface area contributed by atoms with E-state index in [9.17, 15) is 0 Å². The van der Waals surface area contributed by atoms with Gasteiger partial charge in [-0.3, -0.25) is 9.97 Å². The third-order valence-electron chi connectivity index (χ3n) is 10.5. The normalized spacial score (nSPS) is 12.5. The Hall–Kier alpha value is -5.86. The topological polar surface area (TPSA) is 25.8 Å². The van der Waals surface area contributed by atoms with Crippen molar-refractivity contribution in [1.82, 2.24) is 9.97 Å². The fourth-order valence-corrected chi connectivity index (χ4v) is 7.78. The van der Waals surface area contributed by atoms with E-state index in [4.69, 9.17) is 0 Å². The Labute approximate surface area is 294 Å². The first-order valence-electron chi connectivity index (χ1n) is 17.6.